The van der Waals surface area contributed by atoms with Crippen molar-refractivity contribution in [3.8, 4) is 29.1 Å². The number of methoxy groups -OCH3 is 1. The lowest BCUT2D eigenvalue weighted by atomic mass is 10.1. The van der Waals surface area contributed by atoms with Crippen molar-refractivity contribution in [3.63, 3.8) is 0 Å². The van der Waals surface area contributed by atoms with Crippen LogP contribution in [-0.2, 0) is 4.79 Å². The van der Waals surface area contributed by atoms with E-state index in [9.17, 15) is 10.1 Å². The average Bonchev–Trinajstić information content (AvgIpc) is 2.77. The van der Waals surface area contributed by atoms with Gasteiger partial charge in [-0.05, 0) is 42.3 Å². The van der Waals surface area contributed by atoms with Gasteiger partial charge in [0.15, 0.2) is 23.0 Å². The fraction of sp³-hybridized carbons (Fsp3) is 0.304. The van der Waals surface area contributed by atoms with Crippen LogP contribution < -0.4 is 24.3 Å². The number of benzene rings is 2. The first-order valence-corrected chi connectivity index (χ1v) is 9.78. The Morgan fingerprint density at radius 3 is 2.70 bits per heavy atom. The Labute approximate surface area is 175 Å². The summed E-state index contributed by atoms with van der Waals surface area (Å²) in [5, 5.41) is 12.2. The molecule has 1 amide bonds. The van der Waals surface area contributed by atoms with Gasteiger partial charge < -0.3 is 24.3 Å². The van der Waals surface area contributed by atoms with Crippen LogP contribution in [-0.4, -0.2) is 32.8 Å². The molecular formula is C23H24N2O5. The molecule has 0 aromatic heterocycles. The van der Waals surface area contributed by atoms with Crippen molar-refractivity contribution in [3.05, 3.63) is 47.5 Å². The normalized spacial score (nSPS) is 12.6. The third-order valence-corrected chi connectivity index (χ3v) is 4.42. The van der Waals surface area contributed by atoms with Gasteiger partial charge in [-0.2, -0.15) is 5.26 Å². The third kappa shape index (κ3) is 5.23. The quantitative estimate of drug-likeness (QED) is 0.400. The van der Waals surface area contributed by atoms with Gasteiger partial charge in [0.2, 0.25) is 0 Å². The molecule has 0 radical (unpaired) electrons. The first-order chi connectivity index (χ1) is 14.6. The molecule has 0 fully saturated rings. The standard InChI is InChI=1S/C23H24N2O5/c1-3-4-9-28-21-13-16(5-7-19(21)27-2)12-17(15-24)23(26)25-18-6-8-20-22(14-18)30-11-10-29-20/h5-8,12-14H,3-4,9-11H2,1-2H3,(H,25,26)/b17-12+. The molecule has 156 valence electrons. The second-order valence-electron chi connectivity index (χ2n) is 6.59. The molecule has 2 aromatic carbocycles. The predicted octanol–water partition coefficient (Wildman–Crippen LogP) is 4.19. The number of fused-ring (bicyclic) bond motifs is 1. The second kappa shape index (κ2) is 10.2. The Balaban J connectivity index is 1.76. The van der Waals surface area contributed by atoms with E-state index in [1.54, 1.807) is 43.5 Å². The summed E-state index contributed by atoms with van der Waals surface area (Å²) >= 11 is 0. The SMILES string of the molecule is CCCCOc1cc(/C=C(\C#N)C(=O)Nc2ccc3c(c2)OCCO3)ccc1OC. The Bertz CT molecular complexity index is 978. The minimum Gasteiger partial charge on any atom is -0.493 e. The molecule has 0 unspecified atom stereocenters. The number of hydrogen-bond acceptors (Lipinski definition) is 6. The maximum Gasteiger partial charge on any atom is 0.266 e. The van der Waals surface area contributed by atoms with Crippen LogP contribution in [0.2, 0.25) is 0 Å². The molecule has 3 rings (SSSR count). The smallest absolute Gasteiger partial charge is 0.266 e. The van der Waals surface area contributed by atoms with Gasteiger partial charge >= 0.3 is 0 Å². The maximum absolute atomic E-state index is 12.6. The Hall–Kier alpha value is -3.66. The first kappa shape index (κ1) is 21.1. The number of nitriles is 1. The minimum absolute atomic E-state index is 0.0328. The Morgan fingerprint density at radius 1 is 1.17 bits per heavy atom. The van der Waals surface area contributed by atoms with Crippen LogP contribution in [0.5, 0.6) is 23.0 Å². The summed E-state index contributed by atoms with van der Waals surface area (Å²) in [6.45, 7) is 3.59. The molecule has 30 heavy (non-hydrogen) atoms. The highest BCUT2D eigenvalue weighted by Crippen LogP contribution is 2.33. The largest absolute Gasteiger partial charge is 0.493 e. The monoisotopic (exact) mass is 408 g/mol. The van der Waals surface area contributed by atoms with Gasteiger partial charge in [-0.15, -0.1) is 0 Å². The van der Waals surface area contributed by atoms with Gasteiger partial charge in [-0.1, -0.05) is 19.4 Å². The predicted molar refractivity (Wildman–Crippen MR) is 113 cm³/mol. The van der Waals surface area contributed by atoms with Crippen LogP contribution in [0, 0.1) is 11.3 Å². The molecule has 0 saturated carbocycles. The highest BCUT2D eigenvalue weighted by Gasteiger charge is 2.15. The van der Waals surface area contributed by atoms with Gasteiger partial charge in [0, 0.05) is 11.8 Å². The fourth-order valence-electron chi connectivity index (χ4n) is 2.86. The molecule has 0 atom stereocenters. The van der Waals surface area contributed by atoms with E-state index >= 15 is 0 Å². The topological polar surface area (TPSA) is 89.8 Å². The Kier molecular flexibility index (Phi) is 7.17. The van der Waals surface area contributed by atoms with Crippen LogP contribution in [0.1, 0.15) is 25.3 Å². The number of ether oxygens (including phenoxy) is 4. The van der Waals surface area contributed by atoms with Crippen molar-refractivity contribution in [2.75, 3.05) is 32.2 Å². The average molecular weight is 408 g/mol. The maximum atomic E-state index is 12.6. The highest BCUT2D eigenvalue weighted by molar-refractivity contribution is 6.09. The molecule has 1 aliphatic rings. The number of rotatable bonds is 8. The molecule has 1 heterocycles. The number of unbranched alkanes of at least 4 members (excludes halogenated alkanes) is 1. The van der Waals surface area contributed by atoms with Crippen LogP contribution in [0.15, 0.2) is 42.0 Å². The van der Waals surface area contributed by atoms with Crippen molar-refractivity contribution in [1.82, 2.24) is 0 Å². The number of carbonyl (C=O) groups is 1. The Morgan fingerprint density at radius 2 is 1.97 bits per heavy atom. The molecule has 0 bridgehead atoms. The van der Waals surface area contributed by atoms with Gasteiger partial charge in [0.25, 0.3) is 5.91 Å². The van der Waals surface area contributed by atoms with Crippen LogP contribution in [0.3, 0.4) is 0 Å². The zero-order chi connectivity index (χ0) is 21.3. The summed E-state index contributed by atoms with van der Waals surface area (Å²) in [5.74, 6) is 1.85. The summed E-state index contributed by atoms with van der Waals surface area (Å²) in [7, 11) is 1.57. The van der Waals surface area contributed by atoms with E-state index in [1.807, 2.05) is 6.07 Å². The fourth-order valence-corrected chi connectivity index (χ4v) is 2.86. The molecular weight excluding hydrogens is 384 g/mol. The summed E-state index contributed by atoms with van der Waals surface area (Å²) in [4.78, 5) is 12.6. The molecule has 0 saturated heterocycles. The van der Waals surface area contributed by atoms with Crippen molar-refractivity contribution in [2.45, 2.75) is 19.8 Å². The summed E-state index contributed by atoms with van der Waals surface area (Å²) in [5.41, 5.74) is 1.15. The lowest BCUT2D eigenvalue weighted by Crippen LogP contribution is -2.17. The number of hydrogen-bond donors (Lipinski definition) is 1. The minimum atomic E-state index is -0.515. The second-order valence-corrected chi connectivity index (χ2v) is 6.59. The molecule has 7 nitrogen and oxygen atoms in total. The van der Waals surface area contributed by atoms with Gasteiger partial charge in [0.05, 0.1) is 13.7 Å². The van der Waals surface area contributed by atoms with Gasteiger partial charge in [-0.3, -0.25) is 4.79 Å². The molecule has 2 aromatic rings. The highest BCUT2D eigenvalue weighted by atomic mass is 16.6. The lowest BCUT2D eigenvalue weighted by molar-refractivity contribution is -0.112. The van der Waals surface area contributed by atoms with Crippen LogP contribution in [0.4, 0.5) is 5.69 Å². The van der Waals surface area contributed by atoms with Crippen molar-refractivity contribution in [1.29, 1.82) is 5.26 Å². The lowest BCUT2D eigenvalue weighted by Gasteiger charge is -2.18. The number of anilines is 1. The zero-order valence-electron chi connectivity index (χ0n) is 17.1. The molecule has 0 aliphatic carbocycles. The summed E-state index contributed by atoms with van der Waals surface area (Å²) < 4.78 is 22.1. The van der Waals surface area contributed by atoms with E-state index in [2.05, 4.69) is 12.2 Å². The van der Waals surface area contributed by atoms with Crippen molar-refractivity contribution in [2.24, 2.45) is 0 Å². The zero-order valence-corrected chi connectivity index (χ0v) is 17.1. The van der Waals surface area contributed by atoms with Crippen LogP contribution >= 0.6 is 0 Å². The molecule has 1 aliphatic heterocycles. The number of nitrogens with one attached hydrogen (secondary N) is 1. The van der Waals surface area contributed by atoms with E-state index in [0.29, 0.717) is 54.1 Å². The van der Waals surface area contributed by atoms with Crippen LogP contribution in [0.25, 0.3) is 6.08 Å². The van der Waals surface area contributed by atoms with E-state index in [4.69, 9.17) is 18.9 Å². The van der Waals surface area contributed by atoms with E-state index in [-0.39, 0.29) is 5.57 Å². The third-order valence-electron chi connectivity index (χ3n) is 4.42. The number of nitrogens with zero attached hydrogens (tertiary/aromatic N) is 1. The van der Waals surface area contributed by atoms with E-state index < -0.39 is 5.91 Å². The van der Waals surface area contributed by atoms with E-state index in [0.717, 1.165) is 12.8 Å². The van der Waals surface area contributed by atoms with Crippen molar-refractivity contribution < 1.29 is 23.7 Å². The molecule has 0 spiro atoms. The number of amides is 1. The van der Waals surface area contributed by atoms with E-state index in [1.165, 1.54) is 6.08 Å². The summed E-state index contributed by atoms with van der Waals surface area (Å²) in [6, 6.07) is 12.3. The van der Waals surface area contributed by atoms with Gasteiger partial charge in [-0.25, -0.2) is 0 Å². The molecule has 1 N–H and O–H groups in total. The summed E-state index contributed by atoms with van der Waals surface area (Å²) in [6.07, 6.45) is 3.45. The number of carbonyl (C=O) groups excluding carboxylic acids is 1. The first-order valence-electron chi connectivity index (χ1n) is 9.78. The van der Waals surface area contributed by atoms with Gasteiger partial charge in [0.1, 0.15) is 24.9 Å². The molecule has 7 heteroatoms. The van der Waals surface area contributed by atoms with Crippen molar-refractivity contribution >= 4 is 17.7 Å².